The van der Waals surface area contributed by atoms with Gasteiger partial charge in [-0.3, -0.25) is 19.2 Å². The van der Waals surface area contributed by atoms with Gasteiger partial charge in [0.05, 0.1) is 0 Å². The Labute approximate surface area is 185 Å². The molecule has 2 atom stereocenters. The normalized spacial score (nSPS) is 12.7. The smallest absolute Gasteiger partial charge is 0.320 e. The summed E-state index contributed by atoms with van der Waals surface area (Å²) in [6.45, 7) is 1.01. The first-order chi connectivity index (χ1) is 14.2. The van der Waals surface area contributed by atoms with Gasteiger partial charge in [0.2, 0.25) is 11.8 Å². The Bertz CT molecular complexity index is 493. The number of nitrogens with one attached hydrogen (secondary N) is 2. The number of carboxylic acids is 2. The first-order valence-corrected chi connectivity index (χ1v) is 12.5. The zero-order valence-corrected chi connectivity index (χ0v) is 18.8. The minimum absolute atomic E-state index is 0.0500. The molecule has 0 radical (unpaired) electrons. The summed E-state index contributed by atoms with van der Waals surface area (Å²) in [6, 6.07) is -1.70. The molecule has 0 spiro atoms. The highest BCUT2D eigenvalue weighted by molar-refractivity contribution is 8.76. The molecule has 0 rings (SSSR count). The van der Waals surface area contributed by atoms with Crippen LogP contribution in [0.25, 0.3) is 0 Å². The van der Waals surface area contributed by atoms with Crippen molar-refractivity contribution in [3.63, 3.8) is 0 Å². The third kappa shape index (κ3) is 17.4. The van der Waals surface area contributed by atoms with Crippen molar-refractivity contribution in [2.75, 3.05) is 24.6 Å². The van der Waals surface area contributed by atoms with Crippen molar-refractivity contribution >= 4 is 45.3 Å². The summed E-state index contributed by atoms with van der Waals surface area (Å²) in [5.74, 6) is -0.831. The van der Waals surface area contributed by atoms with Crippen LogP contribution in [-0.4, -0.2) is 70.6 Å². The Morgan fingerprint density at radius 3 is 1.40 bits per heavy atom. The van der Waals surface area contributed by atoms with Crippen molar-refractivity contribution in [2.45, 2.75) is 63.5 Å². The van der Waals surface area contributed by atoms with Crippen LogP contribution in [0.1, 0.15) is 51.4 Å². The molecule has 0 aliphatic heterocycles. The summed E-state index contributed by atoms with van der Waals surface area (Å²) in [6.07, 6.45) is 4.24. The summed E-state index contributed by atoms with van der Waals surface area (Å²) in [5, 5.41) is 22.9. The molecule has 0 saturated heterocycles. The highest BCUT2D eigenvalue weighted by atomic mass is 33.1. The molecule has 174 valence electrons. The van der Waals surface area contributed by atoms with Crippen LogP contribution in [0.5, 0.6) is 0 Å². The Balaban J connectivity index is 3.45. The number of carboxylic acid groups (broad SMARTS) is 2. The third-order valence-corrected chi connectivity index (χ3v) is 6.48. The van der Waals surface area contributed by atoms with E-state index >= 15 is 0 Å². The first kappa shape index (κ1) is 28.5. The maximum atomic E-state index is 11.7. The van der Waals surface area contributed by atoms with Crippen molar-refractivity contribution in [2.24, 2.45) is 11.5 Å². The molecule has 0 aromatic rings. The van der Waals surface area contributed by atoms with Crippen LogP contribution in [0.3, 0.4) is 0 Å². The van der Waals surface area contributed by atoms with Crippen LogP contribution in [0.2, 0.25) is 0 Å². The fraction of sp³-hybridized carbons (Fsp3) is 0.778. The van der Waals surface area contributed by atoms with E-state index in [9.17, 15) is 19.2 Å². The van der Waals surface area contributed by atoms with Gasteiger partial charge in [-0.25, -0.2) is 0 Å². The zero-order chi connectivity index (χ0) is 22.8. The van der Waals surface area contributed by atoms with Crippen LogP contribution >= 0.6 is 21.6 Å². The molecule has 0 aliphatic carbocycles. The van der Waals surface area contributed by atoms with Gasteiger partial charge >= 0.3 is 11.9 Å². The Morgan fingerprint density at radius 2 is 1.07 bits per heavy atom. The largest absolute Gasteiger partial charge is 0.480 e. The van der Waals surface area contributed by atoms with E-state index in [0.29, 0.717) is 76.0 Å². The zero-order valence-electron chi connectivity index (χ0n) is 17.1. The van der Waals surface area contributed by atoms with E-state index in [1.165, 1.54) is 21.6 Å². The molecule has 12 heteroatoms. The average molecular weight is 467 g/mol. The molecule has 10 nitrogen and oxygen atoms in total. The lowest BCUT2D eigenvalue weighted by Crippen LogP contribution is -2.30. The molecule has 0 aromatic heterocycles. The highest BCUT2D eigenvalue weighted by Crippen LogP contribution is 2.22. The van der Waals surface area contributed by atoms with Crippen LogP contribution in [-0.2, 0) is 19.2 Å². The predicted molar refractivity (Wildman–Crippen MR) is 119 cm³/mol. The van der Waals surface area contributed by atoms with E-state index in [1.54, 1.807) is 0 Å². The maximum Gasteiger partial charge on any atom is 0.320 e. The summed E-state index contributed by atoms with van der Waals surface area (Å²) < 4.78 is 0. The SMILES string of the molecule is NC(CCCCNC(=O)CCSSCCC(=O)NCCCCC(N)C(=O)O)C(=O)O. The van der Waals surface area contributed by atoms with Gasteiger partial charge in [-0.05, 0) is 38.5 Å². The molecule has 0 heterocycles. The lowest BCUT2D eigenvalue weighted by molar-refractivity contribution is -0.139. The Kier molecular flexibility index (Phi) is 17.4. The van der Waals surface area contributed by atoms with Crippen molar-refractivity contribution < 1.29 is 29.4 Å². The van der Waals surface area contributed by atoms with Gasteiger partial charge in [-0.15, -0.1) is 0 Å². The van der Waals surface area contributed by atoms with E-state index in [2.05, 4.69) is 10.6 Å². The van der Waals surface area contributed by atoms with Gasteiger partial charge < -0.3 is 32.3 Å². The quantitative estimate of drug-likeness (QED) is 0.116. The number of carbonyl (C=O) groups excluding carboxylic acids is 2. The topological polar surface area (TPSA) is 185 Å². The van der Waals surface area contributed by atoms with Crippen molar-refractivity contribution in [3.8, 4) is 0 Å². The van der Waals surface area contributed by atoms with Crippen LogP contribution < -0.4 is 22.1 Å². The van der Waals surface area contributed by atoms with Crippen molar-refractivity contribution in [3.05, 3.63) is 0 Å². The molecule has 0 aromatic carbocycles. The van der Waals surface area contributed by atoms with Gasteiger partial charge in [0, 0.05) is 37.4 Å². The van der Waals surface area contributed by atoms with E-state index in [4.69, 9.17) is 21.7 Å². The number of rotatable bonds is 19. The second-order valence-corrected chi connectivity index (χ2v) is 9.43. The number of carbonyl (C=O) groups is 4. The second kappa shape index (κ2) is 18.3. The lowest BCUT2D eigenvalue weighted by Gasteiger charge is -2.08. The van der Waals surface area contributed by atoms with Gasteiger partial charge in [0.1, 0.15) is 12.1 Å². The molecule has 30 heavy (non-hydrogen) atoms. The van der Waals surface area contributed by atoms with E-state index < -0.39 is 24.0 Å². The molecule has 2 amide bonds. The Morgan fingerprint density at radius 1 is 0.700 bits per heavy atom. The van der Waals surface area contributed by atoms with Crippen molar-refractivity contribution in [1.29, 1.82) is 0 Å². The number of hydrogen-bond donors (Lipinski definition) is 6. The fourth-order valence-electron chi connectivity index (χ4n) is 2.24. The summed E-state index contributed by atoms with van der Waals surface area (Å²) in [5.41, 5.74) is 10.8. The number of nitrogens with two attached hydrogens (primary N) is 2. The number of aliphatic carboxylic acids is 2. The average Bonchev–Trinajstić information content (AvgIpc) is 2.69. The summed E-state index contributed by atoms with van der Waals surface area (Å²) >= 11 is 0. The highest BCUT2D eigenvalue weighted by Gasteiger charge is 2.11. The molecule has 0 aliphatic rings. The second-order valence-electron chi connectivity index (χ2n) is 6.72. The molecule has 2 unspecified atom stereocenters. The van der Waals surface area contributed by atoms with Gasteiger partial charge in [0.15, 0.2) is 0 Å². The van der Waals surface area contributed by atoms with Crippen LogP contribution in [0.15, 0.2) is 0 Å². The fourth-order valence-corrected chi connectivity index (χ4v) is 4.22. The minimum Gasteiger partial charge on any atom is -0.480 e. The predicted octanol–water partition coefficient (Wildman–Crippen LogP) is 0.545. The van der Waals surface area contributed by atoms with Crippen LogP contribution in [0.4, 0.5) is 0 Å². The van der Waals surface area contributed by atoms with E-state index in [1.807, 2.05) is 0 Å². The summed E-state index contributed by atoms with van der Waals surface area (Å²) in [4.78, 5) is 44.5. The minimum atomic E-state index is -1.01. The molecule has 8 N–H and O–H groups in total. The van der Waals surface area contributed by atoms with Gasteiger partial charge in [-0.1, -0.05) is 21.6 Å². The summed E-state index contributed by atoms with van der Waals surface area (Å²) in [7, 11) is 3.07. The third-order valence-electron chi connectivity index (χ3n) is 4.07. The standard InChI is InChI=1S/C18H34N4O6S2/c19-13(17(25)26)5-1-3-9-21-15(23)7-11-29-30-12-8-16(24)22-10-4-2-6-14(20)18(27)28/h13-14H,1-12,19-20H2,(H,21,23)(H,22,24)(H,25,26)(H,27,28). The van der Waals surface area contributed by atoms with Gasteiger partial charge in [-0.2, -0.15) is 0 Å². The van der Waals surface area contributed by atoms with Gasteiger partial charge in [0.25, 0.3) is 0 Å². The first-order valence-electron chi connectivity index (χ1n) is 9.98. The van der Waals surface area contributed by atoms with Crippen molar-refractivity contribution in [1.82, 2.24) is 10.6 Å². The Hall–Kier alpha value is -1.50. The number of unbranched alkanes of at least 4 members (excludes halogenated alkanes) is 2. The number of amides is 2. The molecular formula is C18H34N4O6S2. The maximum absolute atomic E-state index is 11.7. The molecule has 0 saturated carbocycles. The monoisotopic (exact) mass is 466 g/mol. The lowest BCUT2D eigenvalue weighted by atomic mass is 10.1. The molecular weight excluding hydrogens is 432 g/mol. The van der Waals surface area contributed by atoms with E-state index in [0.717, 1.165) is 0 Å². The number of hydrogen-bond acceptors (Lipinski definition) is 8. The molecule has 0 fully saturated rings. The molecule has 0 bridgehead atoms. The van der Waals surface area contributed by atoms with Crippen LogP contribution in [0, 0.1) is 0 Å². The van der Waals surface area contributed by atoms with E-state index in [-0.39, 0.29) is 11.8 Å².